The number of benzene rings is 2. The largest absolute Gasteiger partial charge is 0.343 e. The average molecular weight is 391 g/mol. The monoisotopic (exact) mass is 390 g/mol. The van der Waals surface area contributed by atoms with Crippen molar-refractivity contribution >= 4 is 29.1 Å². The first-order chi connectivity index (χ1) is 12.9. The molecule has 0 bridgehead atoms. The Hall–Kier alpha value is -3.26. The molecule has 0 fully saturated rings. The maximum atomic E-state index is 13.1. The van der Waals surface area contributed by atoms with E-state index >= 15 is 0 Å². The zero-order valence-corrected chi connectivity index (χ0v) is 14.5. The lowest BCUT2D eigenvalue weighted by molar-refractivity contribution is -0.115. The minimum atomic E-state index is -0.878. The molecule has 0 saturated carbocycles. The van der Waals surface area contributed by atoms with Gasteiger partial charge in [-0.3, -0.25) is 9.59 Å². The van der Waals surface area contributed by atoms with Crippen LogP contribution in [0, 0.1) is 11.6 Å². The number of carbonyl (C=O) groups excluding carboxylic acids is 2. The molecule has 1 heterocycles. The molecule has 0 saturated heterocycles. The van der Waals surface area contributed by atoms with E-state index < -0.39 is 23.4 Å². The number of anilines is 1. The van der Waals surface area contributed by atoms with Crippen molar-refractivity contribution in [2.45, 2.75) is 0 Å². The summed E-state index contributed by atoms with van der Waals surface area (Å²) in [5.41, 5.74) is 0.818. The van der Waals surface area contributed by atoms with Crippen LogP contribution in [-0.2, 0) is 4.79 Å². The van der Waals surface area contributed by atoms with Crippen LogP contribution in [0.15, 0.2) is 54.9 Å². The van der Waals surface area contributed by atoms with Crippen molar-refractivity contribution in [3.05, 3.63) is 77.1 Å². The number of para-hydroxylation sites is 1. The summed E-state index contributed by atoms with van der Waals surface area (Å²) in [7, 11) is 0. The molecule has 0 unspecified atom stereocenters. The lowest BCUT2D eigenvalue weighted by atomic mass is 10.2. The molecular weight excluding hydrogens is 378 g/mol. The highest BCUT2D eigenvalue weighted by molar-refractivity contribution is 6.32. The molecule has 2 N–H and O–H groups in total. The molecule has 2 aromatic carbocycles. The Labute approximate surface area is 157 Å². The SMILES string of the molecule is O=C(CNC(=O)c1cc(F)cc(F)c1)Nc1cnn(-c2ccccc2Cl)c1. The third-order valence-electron chi connectivity index (χ3n) is 3.50. The molecular formula is C18H13ClF2N4O2. The van der Waals surface area contributed by atoms with E-state index in [9.17, 15) is 18.4 Å². The van der Waals surface area contributed by atoms with Gasteiger partial charge in [0.05, 0.1) is 35.3 Å². The number of hydrogen-bond donors (Lipinski definition) is 2. The Morgan fingerprint density at radius 3 is 2.52 bits per heavy atom. The van der Waals surface area contributed by atoms with E-state index in [1.807, 2.05) is 0 Å². The van der Waals surface area contributed by atoms with Gasteiger partial charge in [-0.05, 0) is 24.3 Å². The predicted molar refractivity (Wildman–Crippen MR) is 95.9 cm³/mol. The van der Waals surface area contributed by atoms with E-state index in [0.29, 0.717) is 22.5 Å². The molecule has 0 aliphatic carbocycles. The number of hydrogen-bond acceptors (Lipinski definition) is 3. The lowest BCUT2D eigenvalue weighted by Crippen LogP contribution is -2.32. The number of nitrogens with one attached hydrogen (secondary N) is 2. The quantitative estimate of drug-likeness (QED) is 0.702. The molecule has 0 spiro atoms. The van der Waals surface area contributed by atoms with Crippen LogP contribution in [-0.4, -0.2) is 28.1 Å². The van der Waals surface area contributed by atoms with Gasteiger partial charge in [0.1, 0.15) is 11.6 Å². The molecule has 3 aromatic rings. The van der Waals surface area contributed by atoms with Crippen molar-refractivity contribution in [3.63, 3.8) is 0 Å². The second-order valence-corrected chi connectivity index (χ2v) is 5.92. The number of halogens is 3. The van der Waals surface area contributed by atoms with E-state index in [4.69, 9.17) is 11.6 Å². The molecule has 2 amide bonds. The summed E-state index contributed by atoms with van der Waals surface area (Å²) in [5.74, 6) is -3.05. The molecule has 1 aromatic heterocycles. The summed E-state index contributed by atoms with van der Waals surface area (Å²) in [5, 5.41) is 9.44. The molecule has 0 aliphatic rings. The Balaban J connectivity index is 1.58. The number of rotatable bonds is 5. The van der Waals surface area contributed by atoms with Gasteiger partial charge in [0.25, 0.3) is 5.91 Å². The Kier molecular flexibility index (Phi) is 5.46. The summed E-state index contributed by atoms with van der Waals surface area (Å²) < 4.78 is 27.7. The highest BCUT2D eigenvalue weighted by atomic mass is 35.5. The number of nitrogens with zero attached hydrogens (tertiary/aromatic N) is 2. The fourth-order valence-electron chi connectivity index (χ4n) is 2.31. The third kappa shape index (κ3) is 4.68. The first kappa shape index (κ1) is 18.5. The summed E-state index contributed by atoms with van der Waals surface area (Å²) in [4.78, 5) is 23.8. The molecule has 9 heteroatoms. The van der Waals surface area contributed by atoms with Crippen LogP contribution in [0.1, 0.15) is 10.4 Å². The van der Waals surface area contributed by atoms with Gasteiger partial charge in [-0.1, -0.05) is 23.7 Å². The third-order valence-corrected chi connectivity index (χ3v) is 3.82. The maximum Gasteiger partial charge on any atom is 0.251 e. The van der Waals surface area contributed by atoms with Gasteiger partial charge in [-0.25, -0.2) is 13.5 Å². The van der Waals surface area contributed by atoms with Crippen LogP contribution in [0.5, 0.6) is 0 Å². The maximum absolute atomic E-state index is 13.1. The summed E-state index contributed by atoms with van der Waals surface area (Å²) in [6, 6.07) is 9.46. The number of carbonyl (C=O) groups is 2. The topological polar surface area (TPSA) is 76.0 Å². The molecule has 0 aliphatic heterocycles. The van der Waals surface area contributed by atoms with E-state index in [2.05, 4.69) is 15.7 Å². The standard InChI is InChI=1S/C18H13ClF2N4O2/c19-15-3-1-2-4-16(15)25-10-14(8-23-25)24-17(26)9-22-18(27)11-5-12(20)7-13(21)6-11/h1-8,10H,9H2,(H,22,27)(H,24,26). The van der Waals surface area contributed by atoms with Crippen molar-refractivity contribution in [2.24, 2.45) is 0 Å². The van der Waals surface area contributed by atoms with Gasteiger partial charge >= 0.3 is 0 Å². The smallest absolute Gasteiger partial charge is 0.251 e. The lowest BCUT2D eigenvalue weighted by Gasteiger charge is -2.06. The van der Waals surface area contributed by atoms with Crippen molar-refractivity contribution in [2.75, 3.05) is 11.9 Å². The van der Waals surface area contributed by atoms with Crippen molar-refractivity contribution in [1.82, 2.24) is 15.1 Å². The molecule has 0 radical (unpaired) electrons. The van der Waals surface area contributed by atoms with Crippen LogP contribution in [0.4, 0.5) is 14.5 Å². The van der Waals surface area contributed by atoms with Gasteiger partial charge in [0.15, 0.2) is 0 Å². The first-order valence-electron chi connectivity index (χ1n) is 7.76. The first-order valence-corrected chi connectivity index (χ1v) is 8.14. The number of aromatic nitrogens is 2. The van der Waals surface area contributed by atoms with Gasteiger partial charge in [0.2, 0.25) is 5.91 Å². The summed E-state index contributed by atoms with van der Waals surface area (Å²) >= 11 is 6.09. The summed E-state index contributed by atoms with van der Waals surface area (Å²) in [6.45, 7) is -0.381. The van der Waals surface area contributed by atoms with E-state index in [1.165, 1.54) is 10.9 Å². The molecule has 27 heavy (non-hydrogen) atoms. The fraction of sp³-hybridized carbons (Fsp3) is 0.0556. The van der Waals surface area contributed by atoms with Crippen LogP contribution in [0.25, 0.3) is 5.69 Å². The van der Waals surface area contributed by atoms with Crippen molar-refractivity contribution < 1.29 is 18.4 Å². The van der Waals surface area contributed by atoms with Gasteiger partial charge in [-0.2, -0.15) is 5.10 Å². The molecule has 6 nitrogen and oxygen atoms in total. The highest BCUT2D eigenvalue weighted by Crippen LogP contribution is 2.20. The minimum absolute atomic E-state index is 0.216. The van der Waals surface area contributed by atoms with Crippen molar-refractivity contribution in [3.8, 4) is 5.69 Å². The van der Waals surface area contributed by atoms with Crippen LogP contribution in [0.2, 0.25) is 5.02 Å². The molecule has 138 valence electrons. The average Bonchev–Trinajstić information content (AvgIpc) is 3.07. The van der Waals surface area contributed by atoms with E-state index in [1.54, 1.807) is 30.5 Å². The summed E-state index contributed by atoms with van der Waals surface area (Å²) in [6.07, 6.45) is 2.98. The molecule has 0 atom stereocenters. The number of amides is 2. The Morgan fingerprint density at radius 1 is 1.11 bits per heavy atom. The van der Waals surface area contributed by atoms with Gasteiger partial charge in [-0.15, -0.1) is 0 Å². The van der Waals surface area contributed by atoms with Crippen molar-refractivity contribution in [1.29, 1.82) is 0 Å². The van der Waals surface area contributed by atoms with Crippen LogP contribution in [0.3, 0.4) is 0 Å². The van der Waals surface area contributed by atoms with E-state index in [-0.39, 0.29) is 12.1 Å². The normalized spacial score (nSPS) is 10.5. The van der Waals surface area contributed by atoms with E-state index in [0.717, 1.165) is 12.1 Å². The predicted octanol–water partition coefficient (Wildman–Crippen LogP) is 3.17. The Morgan fingerprint density at radius 2 is 1.81 bits per heavy atom. The zero-order chi connectivity index (χ0) is 19.4. The highest BCUT2D eigenvalue weighted by Gasteiger charge is 2.12. The van der Waals surface area contributed by atoms with Crippen LogP contribution >= 0.6 is 11.6 Å². The zero-order valence-electron chi connectivity index (χ0n) is 13.7. The molecule has 3 rings (SSSR count). The Bertz CT molecular complexity index is 986. The van der Waals surface area contributed by atoms with Gasteiger partial charge in [0, 0.05) is 11.6 Å². The second-order valence-electron chi connectivity index (χ2n) is 5.51. The minimum Gasteiger partial charge on any atom is -0.343 e. The van der Waals surface area contributed by atoms with Gasteiger partial charge < -0.3 is 10.6 Å². The fourth-order valence-corrected chi connectivity index (χ4v) is 2.53. The second kappa shape index (κ2) is 7.96. The van der Waals surface area contributed by atoms with Crippen LogP contribution < -0.4 is 10.6 Å².